The van der Waals surface area contributed by atoms with E-state index < -0.39 is 17.4 Å². The Hall–Kier alpha value is -0.580. The molecule has 0 aromatic heterocycles. The number of hydrogen-bond acceptors (Lipinski definition) is 4. The minimum atomic E-state index is -1.17. The van der Waals surface area contributed by atoms with Crippen molar-refractivity contribution in [2.45, 2.75) is 91.4 Å². The Morgan fingerprint density at radius 1 is 0.720 bits per heavy atom. The van der Waals surface area contributed by atoms with Crippen LogP contribution < -0.4 is 0 Å². The average Bonchev–Trinajstić information content (AvgIpc) is 2.59. The fraction of sp³-hybridized carbons (Fsp3) is 0.900. The molecule has 0 bridgehead atoms. The molecular formula is C20H37BrO4. The molecule has 0 saturated heterocycles. The number of ether oxygens (including phenoxy) is 2. The van der Waals surface area contributed by atoms with Crippen LogP contribution in [0.4, 0.5) is 0 Å². The maximum absolute atomic E-state index is 12.2. The highest BCUT2D eigenvalue weighted by molar-refractivity contribution is 9.09. The van der Waals surface area contributed by atoms with Crippen LogP contribution in [0.25, 0.3) is 0 Å². The van der Waals surface area contributed by atoms with Gasteiger partial charge in [0.1, 0.15) is 0 Å². The smallest absolute Gasteiger partial charge is 0.323 e. The maximum atomic E-state index is 12.2. The number of carbonyl (C=O) groups excluding carboxylic acids is 2. The molecule has 0 aliphatic heterocycles. The summed E-state index contributed by atoms with van der Waals surface area (Å²) in [6.45, 7) is 5.72. The highest BCUT2D eigenvalue weighted by atomic mass is 79.9. The van der Waals surface area contributed by atoms with Crippen LogP contribution in [0.15, 0.2) is 0 Å². The highest BCUT2D eigenvalue weighted by Gasteiger charge is 2.43. The van der Waals surface area contributed by atoms with E-state index >= 15 is 0 Å². The number of carbonyl (C=O) groups is 2. The normalized spacial score (nSPS) is 11.4. The van der Waals surface area contributed by atoms with Crippen LogP contribution in [-0.2, 0) is 19.1 Å². The summed E-state index contributed by atoms with van der Waals surface area (Å²) in [6.07, 6.45) is 12.6. The first-order valence-corrected chi connectivity index (χ1v) is 11.1. The Bertz CT molecular complexity index is 340. The monoisotopic (exact) mass is 420 g/mol. The highest BCUT2D eigenvalue weighted by Crippen LogP contribution is 2.28. The third kappa shape index (κ3) is 10.9. The topological polar surface area (TPSA) is 52.6 Å². The molecule has 0 unspecified atom stereocenters. The zero-order valence-corrected chi connectivity index (χ0v) is 18.0. The number of alkyl halides is 1. The van der Waals surface area contributed by atoms with E-state index in [0.29, 0.717) is 6.42 Å². The molecule has 148 valence electrons. The minimum absolute atomic E-state index is 0.281. The summed E-state index contributed by atoms with van der Waals surface area (Å²) in [5, 5.41) is 1.11. The second kappa shape index (κ2) is 15.7. The number of rotatable bonds is 16. The standard InChI is InChI=1S/C20H37BrO4/c1-4-24-18(22)20(3,19(23)25-5-2)16-14-12-10-8-6-7-9-11-13-15-17-21/h4-17H2,1-3H3. The summed E-state index contributed by atoms with van der Waals surface area (Å²) in [4.78, 5) is 24.3. The molecule has 0 radical (unpaired) electrons. The number of esters is 2. The van der Waals surface area contributed by atoms with Crippen LogP contribution in [0.5, 0.6) is 0 Å². The van der Waals surface area contributed by atoms with Crippen molar-refractivity contribution in [3.8, 4) is 0 Å². The van der Waals surface area contributed by atoms with Crippen LogP contribution >= 0.6 is 15.9 Å². The summed E-state index contributed by atoms with van der Waals surface area (Å²) >= 11 is 3.46. The van der Waals surface area contributed by atoms with Gasteiger partial charge in [0.05, 0.1) is 13.2 Å². The zero-order chi connectivity index (χ0) is 19.0. The molecule has 0 aromatic carbocycles. The van der Waals surface area contributed by atoms with Gasteiger partial charge in [-0.3, -0.25) is 9.59 Å². The molecule has 0 spiro atoms. The predicted molar refractivity (Wildman–Crippen MR) is 106 cm³/mol. The minimum Gasteiger partial charge on any atom is -0.465 e. The SMILES string of the molecule is CCOC(=O)C(C)(CCCCCCCCCCCCBr)C(=O)OCC. The number of hydrogen-bond donors (Lipinski definition) is 0. The van der Waals surface area contributed by atoms with Gasteiger partial charge in [0.15, 0.2) is 5.41 Å². The first kappa shape index (κ1) is 24.4. The van der Waals surface area contributed by atoms with Gasteiger partial charge in [-0.25, -0.2) is 0 Å². The molecular weight excluding hydrogens is 384 g/mol. The summed E-state index contributed by atoms with van der Waals surface area (Å²) in [6, 6.07) is 0. The molecule has 0 aromatic rings. The van der Waals surface area contributed by atoms with Crippen LogP contribution in [-0.4, -0.2) is 30.5 Å². The van der Waals surface area contributed by atoms with Gasteiger partial charge < -0.3 is 9.47 Å². The Kier molecular flexibility index (Phi) is 15.3. The quantitative estimate of drug-likeness (QED) is 0.137. The maximum Gasteiger partial charge on any atom is 0.323 e. The van der Waals surface area contributed by atoms with Crippen molar-refractivity contribution in [3.63, 3.8) is 0 Å². The molecule has 0 aliphatic carbocycles. The second-order valence-electron chi connectivity index (χ2n) is 6.75. The van der Waals surface area contributed by atoms with E-state index in [1.54, 1.807) is 20.8 Å². The molecule has 0 amide bonds. The van der Waals surface area contributed by atoms with Crippen molar-refractivity contribution in [2.75, 3.05) is 18.5 Å². The summed E-state index contributed by atoms with van der Waals surface area (Å²) in [7, 11) is 0. The van der Waals surface area contributed by atoms with Gasteiger partial charge in [0.2, 0.25) is 0 Å². The van der Waals surface area contributed by atoms with E-state index in [4.69, 9.17) is 9.47 Å². The Morgan fingerprint density at radius 3 is 1.44 bits per heavy atom. The summed E-state index contributed by atoms with van der Waals surface area (Å²) in [5.74, 6) is -0.922. The Morgan fingerprint density at radius 2 is 1.08 bits per heavy atom. The average molecular weight is 421 g/mol. The van der Waals surface area contributed by atoms with Crippen LogP contribution in [0.2, 0.25) is 0 Å². The van der Waals surface area contributed by atoms with E-state index in [1.165, 1.54) is 44.9 Å². The van der Waals surface area contributed by atoms with E-state index in [-0.39, 0.29) is 13.2 Å². The Balaban J connectivity index is 3.95. The molecule has 5 heteroatoms. The fourth-order valence-corrected chi connectivity index (χ4v) is 3.25. The lowest BCUT2D eigenvalue weighted by molar-refractivity contribution is -0.171. The number of unbranched alkanes of at least 4 members (excludes halogenated alkanes) is 9. The van der Waals surface area contributed by atoms with Gasteiger partial charge in [-0.05, 0) is 33.6 Å². The van der Waals surface area contributed by atoms with Gasteiger partial charge in [-0.2, -0.15) is 0 Å². The van der Waals surface area contributed by atoms with Gasteiger partial charge >= 0.3 is 11.9 Å². The van der Waals surface area contributed by atoms with Crippen molar-refractivity contribution < 1.29 is 19.1 Å². The van der Waals surface area contributed by atoms with Crippen molar-refractivity contribution in [1.29, 1.82) is 0 Å². The van der Waals surface area contributed by atoms with Crippen LogP contribution in [0, 0.1) is 5.41 Å². The van der Waals surface area contributed by atoms with Gasteiger partial charge in [-0.15, -0.1) is 0 Å². The molecule has 0 saturated carbocycles. The zero-order valence-electron chi connectivity index (χ0n) is 16.4. The molecule has 4 nitrogen and oxygen atoms in total. The third-order valence-corrected chi connectivity index (χ3v) is 5.07. The van der Waals surface area contributed by atoms with E-state index in [9.17, 15) is 9.59 Å². The van der Waals surface area contributed by atoms with E-state index in [2.05, 4.69) is 15.9 Å². The van der Waals surface area contributed by atoms with E-state index in [1.807, 2.05) is 0 Å². The molecule has 25 heavy (non-hydrogen) atoms. The van der Waals surface area contributed by atoms with Crippen molar-refractivity contribution >= 4 is 27.9 Å². The summed E-state index contributed by atoms with van der Waals surface area (Å²) < 4.78 is 10.2. The third-order valence-electron chi connectivity index (χ3n) is 4.51. The van der Waals surface area contributed by atoms with Gasteiger partial charge in [0, 0.05) is 5.33 Å². The predicted octanol–water partition coefficient (Wildman–Crippen LogP) is 5.80. The first-order valence-electron chi connectivity index (χ1n) is 9.93. The molecule has 0 rings (SSSR count). The van der Waals surface area contributed by atoms with Crippen molar-refractivity contribution in [2.24, 2.45) is 5.41 Å². The second-order valence-corrected chi connectivity index (χ2v) is 7.54. The lowest BCUT2D eigenvalue weighted by Crippen LogP contribution is -2.39. The molecule has 0 N–H and O–H groups in total. The largest absolute Gasteiger partial charge is 0.465 e. The first-order chi connectivity index (χ1) is 12.0. The molecule has 0 atom stereocenters. The van der Waals surface area contributed by atoms with Gasteiger partial charge in [-0.1, -0.05) is 73.7 Å². The van der Waals surface area contributed by atoms with Crippen molar-refractivity contribution in [3.05, 3.63) is 0 Å². The number of halogens is 1. The lowest BCUT2D eigenvalue weighted by atomic mass is 9.84. The van der Waals surface area contributed by atoms with Crippen LogP contribution in [0.1, 0.15) is 91.4 Å². The Labute approximate surface area is 162 Å². The van der Waals surface area contributed by atoms with E-state index in [0.717, 1.165) is 24.6 Å². The lowest BCUT2D eigenvalue weighted by Gasteiger charge is -2.24. The molecule has 0 heterocycles. The van der Waals surface area contributed by atoms with Gasteiger partial charge in [0.25, 0.3) is 0 Å². The van der Waals surface area contributed by atoms with Crippen LogP contribution in [0.3, 0.4) is 0 Å². The molecule has 0 fully saturated rings. The fourth-order valence-electron chi connectivity index (χ4n) is 2.86. The van der Waals surface area contributed by atoms with Crippen molar-refractivity contribution in [1.82, 2.24) is 0 Å². The molecule has 0 aliphatic rings. The summed E-state index contributed by atoms with van der Waals surface area (Å²) in [5.41, 5.74) is -1.17.